The number of hydrogen-bond donors (Lipinski definition) is 1. The van der Waals surface area contributed by atoms with E-state index >= 15 is 0 Å². The van der Waals surface area contributed by atoms with Gasteiger partial charge in [-0.25, -0.2) is 0 Å². The molecule has 0 saturated carbocycles. The molecule has 5 nitrogen and oxygen atoms in total. The third-order valence-electron chi connectivity index (χ3n) is 5.54. The van der Waals surface area contributed by atoms with Crippen LogP contribution in [0.3, 0.4) is 0 Å². The van der Waals surface area contributed by atoms with E-state index in [0.29, 0.717) is 11.4 Å². The van der Waals surface area contributed by atoms with Crippen LogP contribution in [0.5, 0.6) is 5.75 Å². The fourth-order valence-corrected chi connectivity index (χ4v) is 3.76. The molecule has 1 aliphatic heterocycles. The van der Waals surface area contributed by atoms with Crippen molar-refractivity contribution in [3.63, 3.8) is 0 Å². The lowest BCUT2D eigenvalue weighted by Crippen LogP contribution is -2.68. The van der Waals surface area contributed by atoms with Crippen molar-refractivity contribution in [2.45, 2.75) is 18.9 Å². The van der Waals surface area contributed by atoms with Crippen LogP contribution >= 0.6 is 0 Å². The highest BCUT2D eigenvalue weighted by Crippen LogP contribution is 2.40. The van der Waals surface area contributed by atoms with Crippen LogP contribution in [0.2, 0.25) is 0 Å². The van der Waals surface area contributed by atoms with Crippen molar-refractivity contribution in [3.8, 4) is 5.75 Å². The third-order valence-corrected chi connectivity index (χ3v) is 5.54. The van der Waals surface area contributed by atoms with Gasteiger partial charge >= 0.3 is 0 Å². The maximum atomic E-state index is 13.6. The van der Waals surface area contributed by atoms with E-state index in [2.05, 4.69) is 5.32 Å². The number of nitrogens with zero attached hydrogens (tertiary/aromatic N) is 1. The van der Waals surface area contributed by atoms with Crippen molar-refractivity contribution >= 4 is 29.3 Å². The first-order valence-electron chi connectivity index (χ1n) is 10.1. The number of β-lactam (4-membered cyclic amide) rings is 1. The molecule has 1 N–H and O–H groups in total. The molecule has 2 amide bonds. The molecule has 31 heavy (non-hydrogen) atoms. The molecule has 0 bridgehead atoms. The highest BCUT2D eigenvalue weighted by atomic mass is 16.5. The summed E-state index contributed by atoms with van der Waals surface area (Å²) in [5.74, 6) is 0.332. The number of carbonyl (C=O) groups is 2. The fraction of sp³-hybridized carbons (Fsp3) is 0.154. The molecular formula is C26H24N2O3. The molecule has 0 aliphatic carbocycles. The molecule has 4 rings (SSSR count). The first-order chi connectivity index (χ1) is 15.0. The van der Waals surface area contributed by atoms with Crippen molar-refractivity contribution in [2.75, 3.05) is 17.3 Å². The molecule has 1 saturated heterocycles. The molecule has 156 valence electrons. The van der Waals surface area contributed by atoms with Crippen molar-refractivity contribution in [2.24, 2.45) is 0 Å². The number of methoxy groups -OCH3 is 1. The van der Waals surface area contributed by atoms with Crippen LogP contribution in [-0.2, 0) is 9.59 Å². The van der Waals surface area contributed by atoms with Gasteiger partial charge in [0, 0.05) is 11.4 Å². The van der Waals surface area contributed by atoms with Crippen molar-refractivity contribution in [1.29, 1.82) is 0 Å². The van der Waals surface area contributed by atoms with Gasteiger partial charge in [-0.1, -0.05) is 54.6 Å². The third kappa shape index (κ3) is 3.94. The Kier molecular flexibility index (Phi) is 5.58. The molecule has 1 unspecified atom stereocenters. The minimum absolute atomic E-state index is 0.0973. The molecule has 0 spiro atoms. The molecule has 1 heterocycles. The standard InChI is InChI=1S/C26H24N2O3/c1-19-8-6-7-11-23(19)27-25(30)26(17-16-20-9-4-3-5-10-20)18-24(29)28(26)21-12-14-22(31-2)15-13-21/h3-17H,18H2,1-2H3,(H,27,30). The summed E-state index contributed by atoms with van der Waals surface area (Å²) in [6, 6.07) is 24.5. The SMILES string of the molecule is COc1ccc(N2C(=O)CC2(C=Cc2ccccc2)C(=O)Nc2ccccc2C)cc1. The number of rotatable bonds is 6. The Morgan fingerprint density at radius 1 is 1.00 bits per heavy atom. The Bertz CT molecular complexity index is 1120. The fourth-order valence-electron chi connectivity index (χ4n) is 3.76. The number of amides is 2. The molecule has 3 aromatic rings. The monoisotopic (exact) mass is 412 g/mol. The van der Waals surface area contributed by atoms with Crippen LogP contribution in [0.1, 0.15) is 17.5 Å². The number of nitrogens with one attached hydrogen (secondary N) is 1. The molecule has 3 aromatic carbocycles. The number of benzene rings is 3. The average Bonchev–Trinajstić information content (AvgIpc) is 2.79. The summed E-state index contributed by atoms with van der Waals surface area (Å²) in [6.45, 7) is 1.94. The molecule has 0 radical (unpaired) electrons. The number of anilines is 2. The number of para-hydroxylation sites is 1. The summed E-state index contributed by atoms with van der Waals surface area (Å²) >= 11 is 0. The van der Waals surface area contributed by atoms with E-state index in [0.717, 1.165) is 16.8 Å². The van der Waals surface area contributed by atoms with Crippen molar-refractivity contribution in [3.05, 3.63) is 96.1 Å². The van der Waals surface area contributed by atoms with E-state index in [1.165, 1.54) is 0 Å². The van der Waals surface area contributed by atoms with Crippen molar-refractivity contribution < 1.29 is 14.3 Å². The van der Waals surface area contributed by atoms with Gasteiger partial charge in [0.15, 0.2) is 5.54 Å². The topological polar surface area (TPSA) is 58.6 Å². The highest BCUT2D eigenvalue weighted by Gasteiger charge is 2.55. The summed E-state index contributed by atoms with van der Waals surface area (Å²) in [6.07, 6.45) is 3.81. The van der Waals surface area contributed by atoms with E-state index in [4.69, 9.17) is 4.74 Å². The summed E-state index contributed by atoms with van der Waals surface area (Å²) in [5, 5.41) is 3.02. The van der Waals surface area contributed by atoms with Crippen LogP contribution in [0.15, 0.2) is 84.9 Å². The minimum Gasteiger partial charge on any atom is -0.497 e. The molecule has 0 aromatic heterocycles. The average molecular weight is 412 g/mol. The minimum atomic E-state index is -1.12. The quantitative estimate of drug-likeness (QED) is 0.590. The smallest absolute Gasteiger partial charge is 0.255 e. The van der Waals surface area contributed by atoms with Gasteiger partial charge < -0.3 is 10.1 Å². The zero-order valence-electron chi connectivity index (χ0n) is 17.5. The van der Waals surface area contributed by atoms with Gasteiger partial charge in [-0.15, -0.1) is 0 Å². The number of ether oxygens (including phenoxy) is 1. The first kappa shape index (κ1) is 20.4. The zero-order chi connectivity index (χ0) is 21.8. The summed E-state index contributed by atoms with van der Waals surface area (Å²) < 4.78 is 5.23. The van der Waals surface area contributed by atoms with Crippen LogP contribution in [0, 0.1) is 6.92 Å². The zero-order valence-corrected chi connectivity index (χ0v) is 17.5. The predicted molar refractivity (Wildman–Crippen MR) is 123 cm³/mol. The normalized spacial score (nSPS) is 18.0. The molecular weight excluding hydrogens is 388 g/mol. The van der Waals surface area contributed by atoms with Gasteiger partial charge in [0.1, 0.15) is 5.75 Å². The highest BCUT2D eigenvalue weighted by molar-refractivity contribution is 6.18. The van der Waals surface area contributed by atoms with Crippen LogP contribution < -0.4 is 15.0 Å². The lowest BCUT2D eigenvalue weighted by atomic mass is 9.81. The van der Waals surface area contributed by atoms with E-state index in [1.807, 2.05) is 73.7 Å². The van der Waals surface area contributed by atoms with Gasteiger partial charge in [0.05, 0.1) is 13.5 Å². The molecule has 1 fully saturated rings. The molecule has 5 heteroatoms. The van der Waals surface area contributed by atoms with Gasteiger partial charge in [-0.2, -0.15) is 0 Å². The van der Waals surface area contributed by atoms with Gasteiger partial charge in [0.25, 0.3) is 5.91 Å². The molecule has 1 aliphatic rings. The Morgan fingerprint density at radius 3 is 2.32 bits per heavy atom. The van der Waals surface area contributed by atoms with Gasteiger partial charge in [-0.3, -0.25) is 14.5 Å². The van der Waals surface area contributed by atoms with Gasteiger partial charge in [0.2, 0.25) is 5.91 Å². The maximum absolute atomic E-state index is 13.6. The second-order valence-electron chi connectivity index (χ2n) is 7.54. The van der Waals surface area contributed by atoms with E-state index in [-0.39, 0.29) is 18.2 Å². The van der Waals surface area contributed by atoms with Crippen LogP contribution in [-0.4, -0.2) is 24.5 Å². The number of hydrogen-bond acceptors (Lipinski definition) is 3. The van der Waals surface area contributed by atoms with E-state index in [1.54, 1.807) is 36.3 Å². The van der Waals surface area contributed by atoms with Crippen LogP contribution in [0.25, 0.3) is 6.08 Å². The summed E-state index contributed by atoms with van der Waals surface area (Å²) in [7, 11) is 1.59. The van der Waals surface area contributed by atoms with E-state index < -0.39 is 5.54 Å². The maximum Gasteiger partial charge on any atom is 0.255 e. The van der Waals surface area contributed by atoms with Gasteiger partial charge in [-0.05, 0) is 54.5 Å². The lowest BCUT2D eigenvalue weighted by molar-refractivity contribution is -0.134. The van der Waals surface area contributed by atoms with Crippen LogP contribution in [0.4, 0.5) is 11.4 Å². The second-order valence-corrected chi connectivity index (χ2v) is 7.54. The Labute approximate surface area is 182 Å². The predicted octanol–water partition coefficient (Wildman–Crippen LogP) is 4.83. The molecule has 1 atom stereocenters. The number of carbonyl (C=O) groups excluding carboxylic acids is 2. The van der Waals surface area contributed by atoms with E-state index in [9.17, 15) is 9.59 Å². The largest absolute Gasteiger partial charge is 0.497 e. The lowest BCUT2D eigenvalue weighted by Gasteiger charge is -2.48. The van der Waals surface area contributed by atoms with Crippen molar-refractivity contribution in [1.82, 2.24) is 0 Å². The summed E-state index contributed by atoms with van der Waals surface area (Å²) in [4.78, 5) is 27.8. The second kappa shape index (κ2) is 8.48. The summed E-state index contributed by atoms with van der Waals surface area (Å²) in [5.41, 5.74) is 2.17. The Hall–Kier alpha value is -3.86. The Morgan fingerprint density at radius 2 is 1.68 bits per heavy atom. The number of aryl methyl sites for hydroxylation is 1. The first-order valence-corrected chi connectivity index (χ1v) is 10.1. The Balaban J connectivity index is 1.73.